The van der Waals surface area contributed by atoms with Crippen LogP contribution in [0.15, 0.2) is 24.3 Å². The maximum absolute atomic E-state index is 10.9. The smallest absolute Gasteiger partial charge is 0.150 e. The molecule has 0 saturated carbocycles. The Labute approximate surface area is 108 Å². The van der Waals surface area contributed by atoms with Gasteiger partial charge in [0.2, 0.25) is 0 Å². The van der Waals surface area contributed by atoms with Crippen LogP contribution in [0.4, 0.5) is 0 Å². The lowest BCUT2D eigenvalue weighted by Crippen LogP contribution is -2.11. The van der Waals surface area contributed by atoms with Crippen molar-refractivity contribution in [1.29, 1.82) is 0 Å². The zero-order valence-electron chi connectivity index (χ0n) is 10.7. The van der Waals surface area contributed by atoms with E-state index in [0.717, 1.165) is 12.0 Å². The minimum Gasteiger partial charge on any atom is -0.493 e. The van der Waals surface area contributed by atoms with Crippen LogP contribution >= 0.6 is 0 Å². The van der Waals surface area contributed by atoms with Crippen molar-refractivity contribution >= 4 is 15.6 Å². The van der Waals surface area contributed by atoms with Crippen LogP contribution in [0.2, 0.25) is 0 Å². The zero-order chi connectivity index (χ0) is 13.6. The van der Waals surface area contributed by atoms with Gasteiger partial charge in [-0.1, -0.05) is 12.1 Å². The first kappa shape index (κ1) is 14.7. The van der Waals surface area contributed by atoms with Crippen molar-refractivity contribution in [2.45, 2.75) is 19.8 Å². The van der Waals surface area contributed by atoms with Gasteiger partial charge < -0.3 is 9.53 Å². The third-order valence-electron chi connectivity index (χ3n) is 2.41. The largest absolute Gasteiger partial charge is 0.493 e. The van der Waals surface area contributed by atoms with Gasteiger partial charge in [0.05, 0.1) is 5.75 Å². The number of sulfone groups is 1. The fourth-order valence-electron chi connectivity index (χ4n) is 1.38. The van der Waals surface area contributed by atoms with E-state index in [2.05, 4.69) is 0 Å². The molecule has 1 aromatic rings. The highest BCUT2D eigenvalue weighted by molar-refractivity contribution is 7.90. The van der Waals surface area contributed by atoms with Gasteiger partial charge in [0, 0.05) is 12.7 Å². The number of benzene rings is 1. The summed E-state index contributed by atoms with van der Waals surface area (Å²) in [6.07, 6.45) is 2.44. The average Bonchev–Trinajstić information content (AvgIpc) is 2.26. The normalized spacial score (nSPS) is 11.2. The van der Waals surface area contributed by atoms with E-state index in [1.807, 2.05) is 12.1 Å². The van der Waals surface area contributed by atoms with Crippen LogP contribution in [0.3, 0.4) is 0 Å². The molecule has 0 spiro atoms. The lowest BCUT2D eigenvalue weighted by atomic mass is 10.1. The van der Waals surface area contributed by atoms with E-state index in [1.54, 1.807) is 19.1 Å². The maximum atomic E-state index is 10.9. The summed E-state index contributed by atoms with van der Waals surface area (Å²) < 4.78 is 27.1. The van der Waals surface area contributed by atoms with Crippen LogP contribution in [0, 0.1) is 0 Å². The standard InChI is InChI=1S/C13H18O4S/c1-11(14)3-4-12-5-7-13(8-6-12)17-9-10-18(2,15)16/h5-8H,3-4,9-10H2,1-2H3. The predicted octanol–water partition coefficient (Wildman–Crippen LogP) is 1.63. The number of hydrogen-bond acceptors (Lipinski definition) is 4. The molecule has 0 aliphatic heterocycles. The van der Waals surface area contributed by atoms with Gasteiger partial charge in [0.25, 0.3) is 0 Å². The SMILES string of the molecule is CC(=O)CCc1ccc(OCCS(C)(=O)=O)cc1. The second kappa shape index (κ2) is 6.54. The number of ketones is 1. The number of aryl methyl sites for hydroxylation is 1. The molecule has 0 unspecified atom stereocenters. The molecule has 0 aliphatic rings. The first-order valence-electron chi connectivity index (χ1n) is 5.76. The van der Waals surface area contributed by atoms with Gasteiger partial charge in [-0.3, -0.25) is 0 Å². The van der Waals surface area contributed by atoms with E-state index in [4.69, 9.17) is 4.74 Å². The molecule has 0 aromatic heterocycles. The van der Waals surface area contributed by atoms with Crippen molar-refractivity contribution < 1.29 is 17.9 Å². The number of carbonyl (C=O) groups is 1. The lowest BCUT2D eigenvalue weighted by molar-refractivity contribution is -0.116. The molecule has 0 heterocycles. The molecule has 1 aromatic carbocycles. The Kier molecular flexibility index (Phi) is 5.34. The first-order chi connectivity index (χ1) is 8.37. The number of rotatable bonds is 7. The van der Waals surface area contributed by atoms with Gasteiger partial charge in [-0.25, -0.2) is 8.42 Å². The predicted molar refractivity (Wildman–Crippen MR) is 70.6 cm³/mol. The summed E-state index contributed by atoms with van der Waals surface area (Å²) in [4.78, 5) is 10.8. The summed E-state index contributed by atoms with van der Waals surface area (Å²) in [5.74, 6) is 0.827. The van der Waals surface area contributed by atoms with Gasteiger partial charge in [-0.2, -0.15) is 0 Å². The second-order valence-corrected chi connectivity index (χ2v) is 6.58. The third kappa shape index (κ3) is 6.39. The van der Waals surface area contributed by atoms with Crippen molar-refractivity contribution in [1.82, 2.24) is 0 Å². The highest BCUT2D eigenvalue weighted by Crippen LogP contribution is 2.13. The van der Waals surface area contributed by atoms with Gasteiger partial charge in [0.15, 0.2) is 9.84 Å². The Morgan fingerprint density at radius 1 is 1.22 bits per heavy atom. The topological polar surface area (TPSA) is 60.4 Å². The van der Waals surface area contributed by atoms with Crippen LogP contribution in [-0.4, -0.2) is 32.8 Å². The van der Waals surface area contributed by atoms with Crippen molar-refractivity contribution in [2.75, 3.05) is 18.6 Å². The Morgan fingerprint density at radius 3 is 2.33 bits per heavy atom. The highest BCUT2D eigenvalue weighted by atomic mass is 32.2. The minimum atomic E-state index is -2.98. The summed E-state index contributed by atoms with van der Waals surface area (Å²) in [7, 11) is -2.98. The van der Waals surface area contributed by atoms with Crippen molar-refractivity contribution in [3.05, 3.63) is 29.8 Å². The average molecular weight is 270 g/mol. The zero-order valence-corrected chi connectivity index (χ0v) is 11.5. The monoisotopic (exact) mass is 270 g/mol. The minimum absolute atomic E-state index is 0.0130. The van der Waals surface area contributed by atoms with Crippen molar-refractivity contribution in [3.63, 3.8) is 0 Å². The summed E-state index contributed by atoms with van der Waals surface area (Å²) in [6.45, 7) is 1.73. The van der Waals surface area contributed by atoms with Gasteiger partial charge in [0.1, 0.15) is 18.1 Å². The summed E-state index contributed by atoms with van der Waals surface area (Å²) >= 11 is 0. The Bertz CT molecular complexity index is 488. The Balaban J connectivity index is 2.43. The molecular weight excluding hydrogens is 252 g/mol. The van der Waals surface area contributed by atoms with Crippen LogP contribution in [0.25, 0.3) is 0 Å². The van der Waals surface area contributed by atoms with E-state index in [0.29, 0.717) is 12.2 Å². The second-order valence-electron chi connectivity index (χ2n) is 4.32. The van der Waals surface area contributed by atoms with Crippen molar-refractivity contribution in [3.8, 4) is 5.75 Å². The third-order valence-corrected chi connectivity index (χ3v) is 3.32. The first-order valence-corrected chi connectivity index (χ1v) is 7.82. The van der Waals surface area contributed by atoms with E-state index < -0.39 is 9.84 Å². The fourth-order valence-corrected chi connectivity index (χ4v) is 1.77. The highest BCUT2D eigenvalue weighted by Gasteiger charge is 2.03. The van der Waals surface area contributed by atoms with Crippen molar-refractivity contribution in [2.24, 2.45) is 0 Å². The molecule has 5 heteroatoms. The molecule has 0 bridgehead atoms. The molecule has 0 atom stereocenters. The molecule has 0 N–H and O–H groups in total. The molecule has 0 amide bonds. The fraction of sp³-hybridized carbons (Fsp3) is 0.462. The van der Waals surface area contributed by atoms with E-state index >= 15 is 0 Å². The molecule has 0 aliphatic carbocycles. The van der Waals surface area contributed by atoms with Crippen LogP contribution in [0.5, 0.6) is 5.75 Å². The molecule has 0 radical (unpaired) electrons. The Morgan fingerprint density at radius 2 is 1.83 bits per heavy atom. The molecule has 0 fully saturated rings. The number of ether oxygens (including phenoxy) is 1. The molecule has 1 rings (SSSR count). The quantitative estimate of drug-likeness (QED) is 0.755. The molecular formula is C13H18O4S. The van der Waals surface area contributed by atoms with E-state index in [1.165, 1.54) is 6.26 Å². The summed E-state index contributed by atoms with van der Waals surface area (Å²) in [6, 6.07) is 7.35. The molecule has 4 nitrogen and oxygen atoms in total. The van der Waals surface area contributed by atoms with Gasteiger partial charge >= 0.3 is 0 Å². The summed E-state index contributed by atoms with van der Waals surface area (Å²) in [5, 5.41) is 0. The van der Waals surface area contributed by atoms with Crippen LogP contribution < -0.4 is 4.74 Å². The molecule has 18 heavy (non-hydrogen) atoms. The molecule has 0 saturated heterocycles. The van der Waals surface area contributed by atoms with Gasteiger partial charge in [-0.05, 0) is 31.0 Å². The van der Waals surface area contributed by atoms with E-state index in [9.17, 15) is 13.2 Å². The van der Waals surface area contributed by atoms with Crippen LogP contribution in [0.1, 0.15) is 18.9 Å². The van der Waals surface area contributed by atoms with Gasteiger partial charge in [-0.15, -0.1) is 0 Å². The summed E-state index contributed by atoms with van der Waals surface area (Å²) in [5.41, 5.74) is 1.07. The lowest BCUT2D eigenvalue weighted by Gasteiger charge is -2.06. The van der Waals surface area contributed by atoms with Crippen LogP contribution in [-0.2, 0) is 21.1 Å². The Hall–Kier alpha value is -1.36. The molecule has 100 valence electrons. The van der Waals surface area contributed by atoms with E-state index in [-0.39, 0.29) is 18.1 Å². The maximum Gasteiger partial charge on any atom is 0.150 e. The number of carbonyl (C=O) groups excluding carboxylic acids is 1. The number of hydrogen-bond donors (Lipinski definition) is 0. The number of Topliss-reactive ketones (excluding diaryl/α,β-unsaturated/α-hetero) is 1.